The standard InChI is InChI=1S/C22H28N2O3S/c1-15-10-11-16(2)20(13-15)28(26,27)24-12-6-9-19(14-24)22(25)23-21-17(3)7-5-8-18(21)4/h5,7-8,10-11,13,19H,6,9,12,14H2,1-4H3,(H,23,25)/t19-/m1/s1. The number of para-hydroxylation sites is 1. The summed E-state index contributed by atoms with van der Waals surface area (Å²) in [5.41, 5.74) is 4.47. The molecule has 1 aliphatic rings. The van der Waals surface area contributed by atoms with Crippen LogP contribution in [-0.2, 0) is 14.8 Å². The minimum absolute atomic E-state index is 0.113. The third-order valence-corrected chi connectivity index (χ3v) is 7.45. The third kappa shape index (κ3) is 4.13. The quantitative estimate of drug-likeness (QED) is 0.845. The van der Waals surface area contributed by atoms with Gasteiger partial charge in [0.1, 0.15) is 0 Å². The smallest absolute Gasteiger partial charge is 0.243 e. The first-order valence-corrected chi connectivity index (χ1v) is 11.1. The van der Waals surface area contributed by atoms with Crippen molar-refractivity contribution < 1.29 is 13.2 Å². The van der Waals surface area contributed by atoms with Gasteiger partial charge in [-0.15, -0.1) is 0 Å². The zero-order valence-electron chi connectivity index (χ0n) is 17.0. The lowest BCUT2D eigenvalue weighted by molar-refractivity contribution is -0.120. The summed E-state index contributed by atoms with van der Waals surface area (Å²) < 4.78 is 27.8. The van der Waals surface area contributed by atoms with Crippen molar-refractivity contribution >= 4 is 21.6 Å². The van der Waals surface area contributed by atoms with Gasteiger partial charge < -0.3 is 5.32 Å². The molecule has 150 valence electrons. The number of sulfonamides is 1. The molecule has 1 fully saturated rings. The number of anilines is 1. The molecule has 0 aromatic heterocycles. The fourth-order valence-electron chi connectivity index (χ4n) is 3.74. The van der Waals surface area contributed by atoms with Crippen LogP contribution in [0.25, 0.3) is 0 Å². The topological polar surface area (TPSA) is 66.5 Å². The molecule has 2 aromatic carbocycles. The SMILES string of the molecule is Cc1ccc(C)c(S(=O)(=O)N2CCC[C@@H](C(=O)Nc3c(C)cccc3C)C2)c1. The summed E-state index contributed by atoms with van der Waals surface area (Å²) in [5.74, 6) is -0.467. The molecule has 0 aliphatic carbocycles. The number of piperidine rings is 1. The van der Waals surface area contributed by atoms with Gasteiger partial charge >= 0.3 is 0 Å². The predicted octanol–water partition coefficient (Wildman–Crippen LogP) is 3.96. The van der Waals surface area contributed by atoms with E-state index in [4.69, 9.17) is 0 Å². The number of hydrogen-bond acceptors (Lipinski definition) is 3. The van der Waals surface area contributed by atoms with Crippen LogP contribution in [0, 0.1) is 33.6 Å². The van der Waals surface area contributed by atoms with Crippen LogP contribution in [0.3, 0.4) is 0 Å². The fraction of sp³-hybridized carbons (Fsp3) is 0.409. The van der Waals surface area contributed by atoms with Gasteiger partial charge in [-0.3, -0.25) is 4.79 Å². The van der Waals surface area contributed by atoms with E-state index < -0.39 is 10.0 Å². The molecule has 5 nitrogen and oxygen atoms in total. The van der Waals surface area contributed by atoms with Gasteiger partial charge in [-0.2, -0.15) is 4.31 Å². The van der Waals surface area contributed by atoms with Crippen molar-refractivity contribution in [3.63, 3.8) is 0 Å². The Labute approximate surface area is 167 Å². The molecule has 1 saturated heterocycles. The van der Waals surface area contributed by atoms with E-state index in [1.807, 2.05) is 51.1 Å². The van der Waals surface area contributed by atoms with E-state index >= 15 is 0 Å². The Bertz CT molecular complexity index is 979. The molecule has 1 heterocycles. The summed E-state index contributed by atoms with van der Waals surface area (Å²) in [6.45, 7) is 8.27. The second-order valence-corrected chi connectivity index (χ2v) is 9.63. The van der Waals surface area contributed by atoms with Gasteiger partial charge in [0.2, 0.25) is 15.9 Å². The molecule has 0 bridgehead atoms. The molecule has 2 aromatic rings. The van der Waals surface area contributed by atoms with Gasteiger partial charge in [0.25, 0.3) is 0 Å². The Morgan fingerprint density at radius 2 is 1.71 bits per heavy atom. The number of rotatable bonds is 4. The minimum atomic E-state index is -3.62. The van der Waals surface area contributed by atoms with Crippen LogP contribution in [0.2, 0.25) is 0 Å². The Morgan fingerprint density at radius 1 is 1.04 bits per heavy atom. The number of aryl methyl sites for hydroxylation is 4. The molecule has 28 heavy (non-hydrogen) atoms. The maximum atomic E-state index is 13.2. The van der Waals surface area contributed by atoms with Crippen LogP contribution in [-0.4, -0.2) is 31.7 Å². The lowest BCUT2D eigenvalue weighted by Gasteiger charge is -2.32. The van der Waals surface area contributed by atoms with E-state index in [1.54, 1.807) is 13.0 Å². The van der Waals surface area contributed by atoms with Gasteiger partial charge in [-0.1, -0.05) is 30.3 Å². The first kappa shape index (κ1) is 20.6. The molecule has 0 saturated carbocycles. The molecule has 1 amide bonds. The summed E-state index contributed by atoms with van der Waals surface area (Å²) in [6.07, 6.45) is 1.37. The van der Waals surface area contributed by atoms with Crippen molar-refractivity contribution in [2.45, 2.75) is 45.4 Å². The third-order valence-electron chi connectivity index (χ3n) is 5.45. The molecular weight excluding hydrogens is 372 g/mol. The number of benzene rings is 2. The summed E-state index contributed by atoms with van der Waals surface area (Å²) in [5, 5.41) is 3.02. The fourth-order valence-corrected chi connectivity index (χ4v) is 5.57. The van der Waals surface area contributed by atoms with E-state index in [9.17, 15) is 13.2 Å². The van der Waals surface area contributed by atoms with Gasteiger partial charge in [0, 0.05) is 18.8 Å². The Hall–Kier alpha value is -2.18. The maximum absolute atomic E-state index is 13.2. The number of amides is 1. The van der Waals surface area contributed by atoms with Crippen LogP contribution in [0.1, 0.15) is 35.1 Å². The van der Waals surface area contributed by atoms with E-state index in [0.29, 0.717) is 24.3 Å². The molecule has 1 atom stereocenters. The summed E-state index contributed by atoms with van der Waals surface area (Å²) in [7, 11) is -3.62. The van der Waals surface area contributed by atoms with Crippen molar-refractivity contribution in [3.8, 4) is 0 Å². The Kier molecular flexibility index (Phi) is 5.91. The average molecular weight is 401 g/mol. The Morgan fingerprint density at radius 3 is 2.39 bits per heavy atom. The molecule has 0 unspecified atom stereocenters. The number of carbonyl (C=O) groups is 1. The molecule has 0 radical (unpaired) electrons. The molecule has 1 N–H and O–H groups in total. The highest BCUT2D eigenvalue weighted by Gasteiger charge is 2.34. The summed E-state index contributed by atoms with van der Waals surface area (Å²) in [6, 6.07) is 11.3. The highest BCUT2D eigenvalue weighted by Crippen LogP contribution is 2.28. The zero-order valence-corrected chi connectivity index (χ0v) is 17.8. The lowest BCUT2D eigenvalue weighted by atomic mass is 9.98. The van der Waals surface area contributed by atoms with Crippen molar-refractivity contribution in [1.82, 2.24) is 4.31 Å². The second kappa shape index (κ2) is 8.05. The van der Waals surface area contributed by atoms with Crippen molar-refractivity contribution in [1.29, 1.82) is 0 Å². The normalized spacial score (nSPS) is 18.1. The number of hydrogen-bond donors (Lipinski definition) is 1. The molecule has 0 spiro atoms. The van der Waals surface area contributed by atoms with E-state index in [2.05, 4.69) is 5.32 Å². The Balaban J connectivity index is 1.80. The summed E-state index contributed by atoms with van der Waals surface area (Å²) >= 11 is 0. The van der Waals surface area contributed by atoms with E-state index in [0.717, 1.165) is 27.9 Å². The van der Waals surface area contributed by atoms with Gasteiger partial charge in [-0.05, 0) is 68.9 Å². The monoisotopic (exact) mass is 400 g/mol. The largest absolute Gasteiger partial charge is 0.325 e. The second-order valence-electron chi connectivity index (χ2n) is 7.73. The lowest BCUT2D eigenvalue weighted by Crippen LogP contribution is -2.44. The van der Waals surface area contributed by atoms with Crippen LogP contribution in [0.15, 0.2) is 41.3 Å². The first-order valence-electron chi connectivity index (χ1n) is 9.64. The van der Waals surface area contributed by atoms with Crippen LogP contribution >= 0.6 is 0 Å². The number of carbonyl (C=O) groups excluding carboxylic acids is 1. The highest BCUT2D eigenvalue weighted by molar-refractivity contribution is 7.89. The molecule has 1 aliphatic heterocycles. The van der Waals surface area contributed by atoms with Crippen LogP contribution < -0.4 is 5.32 Å². The number of nitrogens with one attached hydrogen (secondary N) is 1. The maximum Gasteiger partial charge on any atom is 0.243 e. The van der Waals surface area contributed by atoms with E-state index in [1.165, 1.54) is 4.31 Å². The molecular formula is C22H28N2O3S. The van der Waals surface area contributed by atoms with Crippen molar-refractivity contribution in [2.24, 2.45) is 5.92 Å². The van der Waals surface area contributed by atoms with Gasteiger partial charge in [0.05, 0.1) is 10.8 Å². The highest BCUT2D eigenvalue weighted by atomic mass is 32.2. The zero-order chi connectivity index (χ0) is 20.5. The minimum Gasteiger partial charge on any atom is -0.325 e. The van der Waals surface area contributed by atoms with Gasteiger partial charge in [0.15, 0.2) is 0 Å². The molecule has 3 rings (SSSR count). The van der Waals surface area contributed by atoms with Crippen molar-refractivity contribution in [3.05, 3.63) is 58.7 Å². The van der Waals surface area contributed by atoms with E-state index in [-0.39, 0.29) is 18.4 Å². The average Bonchev–Trinajstić information content (AvgIpc) is 2.66. The molecule has 6 heteroatoms. The first-order chi connectivity index (χ1) is 13.2. The van der Waals surface area contributed by atoms with Crippen LogP contribution in [0.5, 0.6) is 0 Å². The summed E-state index contributed by atoms with van der Waals surface area (Å²) in [4.78, 5) is 13.2. The van der Waals surface area contributed by atoms with Crippen molar-refractivity contribution in [2.75, 3.05) is 18.4 Å². The number of nitrogens with zero attached hydrogens (tertiary/aromatic N) is 1. The predicted molar refractivity (Wildman–Crippen MR) is 112 cm³/mol. The van der Waals surface area contributed by atoms with Crippen LogP contribution in [0.4, 0.5) is 5.69 Å². The van der Waals surface area contributed by atoms with Gasteiger partial charge in [-0.25, -0.2) is 8.42 Å².